The van der Waals surface area contributed by atoms with E-state index in [1.54, 1.807) is 0 Å². The van der Waals surface area contributed by atoms with Crippen LogP contribution in [0.4, 0.5) is 70.2 Å². The lowest BCUT2D eigenvalue weighted by Crippen LogP contribution is -2.36. The smallest absolute Gasteiger partial charge is 0.316 e. The molecule has 0 saturated carbocycles. The molecule has 0 heterocycles. The fourth-order valence-electron chi connectivity index (χ4n) is 5.05. The van der Waals surface area contributed by atoms with Gasteiger partial charge in [-0.05, 0) is 37.8 Å². The van der Waals surface area contributed by atoms with Gasteiger partial charge in [-0.3, -0.25) is 0 Å². The zero-order valence-electron chi connectivity index (χ0n) is 27.0. The van der Waals surface area contributed by atoms with Crippen molar-refractivity contribution in [3.8, 4) is 11.1 Å². The van der Waals surface area contributed by atoms with E-state index in [0.29, 0.717) is 0 Å². The molecule has 2 atom stereocenters. The summed E-state index contributed by atoms with van der Waals surface area (Å²) in [4.78, 5) is 0. The van der Waals surface area contributed by atoms with Gasteiger partial charge in [-0.2, -0.15) is 35.1 Å². The predicted octanol–water partition coefficient (Wildman–Crippen LogP) is 12.5. The quantitative estimate of drug-likeness (QED) is 0.0830. The number of hydrogen-bond acceptors (Lipinski definition) is 1. The Bertz CT molecular complexity index is 1340. The Morgan fingerprint density at radius 3 is 1.47 bits per heavy atom. The zero-order chi connectivity index (χ0) is 38.1. The molecule has 0 bridgehead atoms. The van der Waals surface area contributed by atoms with Gasteiger partial charge in [-0.1, -0.05) is 72.6 Å². The monoisotopic (exact) mass is 739 g/mol. The van der Waals surface area contributed by atoms with Gasteiger partial charge in [0.15, 0.2) is 40.7 Å². The first-order chi connectivity index (χ1) is 22.5. The van der Waals surface area contributed by atoms with Gasteiger partial charge in [0.1, 0.15) is 5.56 Å². The van der Waals surface area contributed by atoms with Crippen LogP contribution in [-0.4, -0.2) is 19.3 Å². The Morgan fingerprint density at radius 2 is 1.02 bits per heavy atom. The lowest BCUT2D eigenvalue weighted by Gasteiger charge is -2.26. The van der Waals surface area contributed by atoms with Crippen molar-refractivity contribution in [1.82, 2.24) is 5.32 Å². The van der Waals surface area contributed by atoms with Crippen molar-refractivity contribution in [3.05, 3.63) is 57.7 Å². The molecule has 282 valence electrons. The standard InChI is InChI=1S/C17H37N.C15F16/c1-5-8-9-10-14-18-15-16(4)12-13-17(7-3)11-6-2;16-5-2(6(17)10(21)12(23)9(5)20)1-3(13(24,25)15(29,30)31)7(18)11(22)8(19)4(1)14(26,27)28/h16-18H,5-15H2,1-4H3;. The van der Waals surface area contributed by atoms with Crippen LogP contribution in [-0.2, 0) is 12.1 Å². The molecule has 49 heavy (non-hydrogen) atoms. The highest BCUT2D eigenvalue weighted by Gasteiger charge is 2.63. The third kappa shape index (κ3) is 10.9. The third-order valence-electron chi connectivity index (χ3n) is 7.78. The summed E-state index contributed by atoms with van der Waals surface area (Å²) in [5.41, 5.74) is -14.2. The molecule has 2 aromatic rings. The summed E-state index contributed by atoms with van der Waals surface area (Å²) in [7, 11) is 0. The molecular weight excluding hydrogens is 702 g/mol. The lowest BCUT2D eigenvalue weighted by molar-refractivity contribution is -0.290. The van der Waals surface area contributed by atoms with Crippen LogP contribution in [0, 0.1) is 58.4 Å². The van der Waals surface area contributed by atoms with Gasteiger partial charge in [-0.25, -0.2) is 35.1 Å². The van der Waals surface area contributed by atoms with Crippen molar-refractivity contribution < 1.29 is 70.2 Å². The van der Waals surface area contributed by atoms with Crippen LogP contribution in [0.15, 0.2) is 0 Å². The van der Waals surface area contributed by atoms with Crippen LogP contribution in [0.3, 0.4) is 0 Å². The molecule has 0 fully saturated rings. The van der Waals surface area contributed by atoms with E-state index < -0.39 is 87.1 Å². The summed E-state index contributed by atoms with van der Waals surface area (Å²) in [6, 6.07) is 0. The first kappa shape index (κ1) is 44.3. The predicted molar refractivity (Wildman–Crippen MR) is 151 cm³/mol. The van der Waals surface area contributed by atoms with Crippen LogP contribution in [0.25, 0.3) is 11.1 Å². The molecule has 2 unspecified atom stereocenters. The molecule has 0 radical (unpaired) electrons. The molecule has 1 nitrogen and oxygen atoms in total. The van der Waals surface area contributed by atoms with Crippen LogP contribution in [0.2, 0.25) is 0 Å². The largest absolute Gasteiger partial charge is 0.458 e. The number of alkyl halides is 8. The second-order valence-corrected chi connectivity index (χ2v) is 11.6. The lowest BCUT2D eigenvalue weighted by atomic mass is 9.88. The molecule has 0 aromatic heterocycles. The molecule has 0 aliphatic rings. The molecule has 2 rings (SSSR count). The molecular formula is C32H37F16N. The average molecular weight is 740 g/mol. The minimum atomic E-state index is -7.10. The number of rotatable bonds is 15. The maximum Gasteiger partial charge on any atom is 0.458 e. The fraction of sp³-hybridized carbons (Fsp3) is 0.625. The van der Waals surface area contributed by atoms with Crippen molar-refractivity contribution in [1.29, 1.82) is 0 Å². The van der Waals surface area contributed by atoms with E-state index in [2.05, 4.69) is 33.0 Å². The van der Waals surface area contributed by atoms with Crippen molar-refractivity contribution in [2.75, 3.05) is 13.1 Å². The van der Waals surface area contributed by atoms with Crippen molar-refractivity contribution in [2.24, 2.45) is 11.8 Å². The summed E-state index contributed by atoms with van der Waals surface area (Å²) in [6.07, 6.45) is -1.23. The summed E-state index contributed by atoms with van der Waals surface area (Å²) in [5, 5.41) is 3.62. The zero-order valence-corrected chi connectivity index (χ0v) is 27.0. The Labute approximate surface area is 273 Å². The number of nitrogens with one attached hydrogen (secondary N) is 1. The van der Waals surface area contributed by atoms with E-state index >= 15 is 0 Å². The molecule has 0 saturated heterocycles. The maximum absolute atomic E-state index is 13.9. The summed E-state index contributed by atoms with van der Waals surface area (Å²) in [6.45, 7) is 11.8. The van der Waals surface area contributed by atoms with Crippen LogP contribution in [0.5, 0.6) is 0 Å². The van der Waals surface area contributed by atoms with Gasteiger partial charge < -0.3 is 5.32 Å². The van der Waals surface area contributed by atoms with E-state index in [-0.39, 0.29) is 0 Å². The maximum atomic E-state index is 13.9. The normalized spacial score (nSPS) is 13.7. The highest BCUT2D eigenvalue weighted by molar-refractivity contribution is 5.75. The van der Waals surface area contributed by atoms with Gasteiger partial charge in [0.25, 0.3) is 0 Å². The summed E-state index contributed by atoms with van der Waals surface area (Å²) >= 11 is 0. The molecule has 1 N–H and O–H groups in total. The molecule has 0 aliphatic carbocycles. The van der Waals surface area contributed by atoms with Gasteiger partial charge >= 0.3 is 18.3 Å². The van der Waals surface area contributed by atoms with Crippen LogP contribution < -0.4 is 5.32 Å². The number of halogens is 16. The van der Waals surface area contributed by atoms with Crippen molar-refractivity contribution >= 4 is 0 Å². The Balaban J connectivity index is 0.000000570. The topological polar surface area (TPSA) is 12.0 Å². The van der Waals surface area contributed by atoms with Crippen molar-refractivity contribution in [2.45, 2.75) is 104 Å². The van der Waals surface area contributed by atoms with E-state index in [1.807, 2.05) is 0 Å². The number of hydrogen-bond donors (Lipinski definition) is 1. The molecule has 0 amide bonds. The highest BCUT2D eigenvalue weighted by atomic mass is 19.4. The molecule has 0 spiro atoms. The van der Waals surface area contributed by atoms with E-state index in [0.717, 1.165) is 11.8 Å². The Kier molecular flexibility index (Phi) is 16.7. The average Bonchev–Trinajstić information content (AvgIpc) is 3.00. The van der Waals surface area contributed by atoms with Crippen molar-refractivity contribution in [3.63, 3.8) is 0 Å². The first-order valence-electron chi connectivity index (χ1n) is 15.5. The molecule has 17 heteroatoms. The van der Waals surface area contributed by atoms with Crippen LogP contribution in [0.1, 0.15) is 96.6 Å². The fourth-order valence-corrected chi connectivity index (χ4v) is 5.05. The van der Waals surface area contributed by atoms with E-state index in [1.165, 1.54) is 70.9 Å². The number of benzene rings is 2. The van der Waals surface area contributed by atoms with Gasteiger partial charge in [0, 0.05) is 5.56 Å². The van der Waals surface area contributed by atoms with Gasteiger partial charge in [0.05, 0.1) is 11.1 Å². The first-order valence-corrected chi connectivity index (χ1v) is 15.5. The van der Waals surface area contributed by atoms with E-state index in [4.69, 9.17) is 0 Å². The minimum absolute atomic E-state index is 0.849. The number of unbranched alkanes of at least 4 members (excludes halogenated alkanes) is 3. The Morgan fingerprint density at radius 1 is 0.531 bits per heavy atom. The molecule has 0 aliphatic heterocycles. The second kappa shape index (κ2) is 18.5. The van der Waals surface area contributed by atoms with Gasteiger partial charge in [0.2, 0.25) is 5.82 Å². The summed E-state index contributed by atoms with van der Waals surface area (Å²) in [5.74, 6) is -32.3. The summed E-state index contributed by atoms with van der Waals surface area (Å²) < 4.78 is 214. The van der Waals surface area contributed by atoms with Crippen LogP contribution >= 0.6 is 0 Å². The second-order valence-electron chi connectivity index (χ2n) is 11.6. The third-order valence-corrected chi connectivity index (χ3v) is 7.78. The van der Waals surface area contributed by atoms with Gasteiger partial charge in [-0.15, -0.1) is 0 Å². The minimum Gasteiger partial charge on any atom is -0.316 e. The SMILES string of the molecule is CCCCCCNCC(C)CCC(CC)CCC.Fc1c(F)c(F)c(-c2c(C(F)(F)F)c(F)c(F)c(F)c2C(F)(F)C(F)(F)F)c(F)c1F. The molecule has 2 aromatic carbocycles. The Hall–Kier alpha value is -2.72. The van der Waals surface area contributed by atoms with E-state index in [9.17, 15) is 70.2 Å². The highest BCUT2D eigenvalue weighted by Crippen LogP contribution is 2.53.